The number of carbonyl (C=O) groups is 1. The van der Waals surface area contributed by atoms with Gasteiger partial charge in [-0.2, -0.15) is 0 Å². The van der Waals surface area contributed by atoms with Crippen LogP contribution in [0.5, 0.6) is 0 Å². The fraction of sp³-hybridized carbons (Fsp3) is 0.500. The van der Waals surface area contributed by atoms with Crippen LogP contribution < -0.4 is 10.6 Å². The fourth-order valence-corrected chi connectivity index (χ4v) is 1.62. The Kier molecular flexibility index (Phi) is 5.16. The number of benzene rings is 1. The van der Waals surface area contributed by atoms with E-state index in [9.17, 15) is 4.79 Å². The fourth-order valence-electron chi connectivity index (χ4n) is 1.62. The molecule has 1 aromatic carbocycles. The second-order valence-electron chi connectivity index (χ2n) is 4.93. The van der Waals surface area contributed by atoms with Gasteiger partial charge in [-0.05, 0) is 37.6 Å². The third kappa shape index (κ3) is 4.04. The highest BCUT2D eigenvalue weighted by atomic mass is 16.2. The third-order valence-electron chi connectivity index (χ3n) is 2.90. The van der Waals surface area contributed by atoms with Crippen molar-refractivity contribution in [2.45, 2.75) is 19.4 Å². The molecule has 0 saturated heterocycles. The smallest absolute Gasteiger partial charge is 0.253 e. The number of amides is 1. The van der Waals surface area contributed by atoms with Crippen molar-refractivity contribution in [2.24, 2.45) is 5.73 Å². The molecular formula is C14H23N3O. The average Bonchev–Trinajstić information content (AvgIpc) is 2.35. The maximum absolute atomic E-state index is 12.1. The standard InChI is InChI=1S/C14H23N3O/c1-11(15)9-10-17(4)14(18)12-5-7-13(8-6-12)16(2)3/h5-8,11H,9-10,15H2,1-4H3. The van der Waals surface area contributed by atoms with Crippen molar-refractivity contribution in [3.63, 3.8) is 0 Å². The van der Waals surface area contributed by atoms with Gasteiger partial charge in [0.1, 0.15) is 0 Å². The molecule has 0 bridgehead atoms. The third-order valence-corrected chi connectivity index (χ3v) is 2.90. The highest BCUT2D eigenvalue weighted by Gasteiger charge is 2.11. The summed E-state index contributed by atoms with van der Waals surface area (Å²) in [5.41, 5.74) is 7.49. The molecule has 2 N–H and O–H groups in total. The van der Waals surface area contributed by atoms with Gasteiger partial charge >= 0.3 is 0 Å². The Morgan fingerprint density at radius 2 is 1.78 bits per heavy atom. The van der Waals surface area contributed by atoms with Crippen LogP contribution in [0.15, 0.2) is 24.3 Å². The van der Waals surface area contributed by atoms with E-state index in [2.05, 4.69) is 0 Å². The summed E-state index contributed by atoms with van der Waals surface area (Å²) in [4.78, 5) is 15.8. The van der Waals surface area contributed by atoms with E-state index in [0.29, 0.717) is 12.1 Å². The zero-order valence-electron chi connectivity index (χ0n) is 11.7. The second kappa shape index (κ2) is 6.40. The van der Waals surface area contributed by atoms with E-state index in [1.54, 1.807) is 4.90 Å². The van der Waals surface area contributed by atoms with Gasteiger partial charge in [0, 0.05) is 45.0 Å². The van der Waals surface area contributed by atoms with Crippen LogP contribution in [0.3, 0.4) is 0 Å². The van der Waals surface area contributed by atoms with Gasteiger partial charge in [-0.25, -0.2) is 0 Å². The molecule has 0 fully saturated rings. The molecule has 1 unspecified atom stereocenters. The Morgan fingerprint density at radius 3 is 2.22 bits per heavy atom. The first-order chi connectivity index (χ1) is 8.41. The molecule has 1 atom stereocenters. The largest absolute Gasteiger partial charge is 0.378 e. The summed E-state index contributed by atoms with van der Waals surface area (Å²) in [5, 5.41) is 0. The number of hydrogen-bond acceptors (Lipinski definition) is 3. The minimum Gasteiger partial charge on any atom is -0.378 e. The van der Waals surface area contributed by atoms with Gasteiger partial charge in [0.2, 0.25) is 0 Å². The van der Waals surface area contributed by atoms with Crippen LogP contribution in [0.2, 0.25) is 0 Å². The van der Waals surface area contributed by atoms with Crippen molar-refractivity contribution < 1.29 is 4.79 Å². The molecule has 0 saturated carbocycles. The Hall–Kier alpha value is -1.55. The summed E-state index contributed by atoms with van der Waals surface area (Å²) in [7, 11) is 5.77. The predicted octanol–water partition coefficient (Wildman–Crippen LogP) is 1.56. The zero-order chi connectivity index (χ0) is 13.7. The monoisotopic (exact) mass is 249 g/mol. The molecule has 0 aliphatic carbocycles. The van der Waals surface area contributed by atoms with Gasteiger partial charge in [-0.3, -0.25) is 4.79 Å². The molecule has 0 aliphatic heterocycles. The molecule has 0 radical (unpaired) electrons. The molecule has 0 spiro atoms. The second-order valence-corrected chi connectivity index (χ2v) is 4.93. The first-order valence-electron chi connectivity index (χ1n) is 6.20. The molecule has 18 heavy (non-hydrogen) atoms. The molecule has 1 aromatic rings. The topological polar surface area (TPSA) is 49.6 Å². The van der Waals surface area contributed by atoms with E-state index in [-0.39, 0.29) is 11.9 Å². The Bertz CT molecular complexity index is 385. The normalized spacial score (nSPS) is 12.1. The molecule has 0 aliphatic rings. The molecule has 0 heterocycles. The molecule has 4 heteroatoms. The van der Waals surface area contributed by atoms with Gasteiger partial charge in [-0.15, -0.1) is 0 Å². The van der Waals surface area contributed by atoms with Gasteiger partial charge < -0.3 is 15.5 Å². The van der Waals surface area contributed by atoms with E-state index in [0.717, 1.165) is 12.1 Å². The summed E-state index contributed by atoms with van der Waals surface area (Å²) in [6, 6.07) is 7.75. The molecule has 4 nitrogen and oxygen atoms in total. The van der Waals surface area contributed by atoms with Crippen molar-refractivity contribution in [1.29, 1.82) is 0 Å². The van der Waals surface area contributed by atoms with Crippen LogP contribution in [0.25, 0.3) is 0 Å². The lowest BCUT2D eigenvalue weighted by molar-refractivity contribution is 0.0792. The van der Waals surface area contributed by atoms with Crippen molar-refractivity contribution >= 4 is 11.6 Å². The van der Waals surface area contributed by atoms with Crippen LogP contribution in [-0.2, 0) is 0 Å². The maximum atomic E-state index is 12.1. The van der Waals surface area contributed by atoms with E-state index in [4.69, 9.17) is 5.73 Å². The van der Waals surface area contributed by atoms with Crippen LogP contribution in [-0.4, -0.2) is 44.5 Å². The Balaban J connectivity index is 2.66. The summed E-state index contributed by atoms with van der Waals surface area (Å²) < 4.78 is 0. The van der Waals surface area contributed by atoms with Crippen molar-refractivity contribution in [3.05, 3.63) is 29.8 Å². The molecule has 1 amide bonds. The van der Waals surface area contributed by atoms with Gasteiger partial charge in [0.25, 0.3) is 5.91 Å². The van der Waals surface area contributed by atoms with Crippen LogP contribution in [0.1, 0.15) is 23.7 Å². The number of anilines is 1. The van der Waals surface area contributed by atoms with Gasteiger partial charge in [0.05, 0.1) is 0 Å². The molecule has 100 valence electrons. The lowest BCUT2D eigenvalue weighted by Crippen LogP contribution is -2.31. The predicted molar refractivity (Wildman–Crippen MR) is 76.0 cm³/mol. The number of nitrogens with two attached hydrogens (primary N) is 1. The number of nitrogens with zero attached hydrogens (tertiary/aromatic N) is 2. The highest BCUT2D eigenvalue weighted by molar-refractivity contribution is 5.94. The van der Waals surface area contributed by atoms with Crippen molar-refractivity contribution in [2.75, 3.05) is 32.6 Å². The highest BCUT2D eigenvalue weighted by Crippen LogP contribution is 2.13. The minimum absolute atomic E-state index is 0.0426. The number of rotatable bonds is 5. The van der Waals surface area contributed by atoms with Crippen LogP contribution >= 0.6 is 0 Å². The lowest BCUT2D eigenvalue weighted by Gasteiger charge is -2.19. The summed E-state index contributed by atoms with van der Waals surface area (Å²) in [6.07, 6.45) is 0.817. The first kappa shape index (κ1) is 14.5. The lowest BCUT2D eigenvalue weighted by atomic mass is 10.1. The summed E-state index contributed by atoms with van der Waals surface area (Å²) in [6.45, 7) is 2.64. The SMILES string of the molecule is CC(N)CCN(C)C(=O)c1ccc(N(C)C)cc1. The zero-order valence-corrected chi connectivity index (χ0v) is 11.7. The number of carbonyl (C=O) groups excluding carboxylic acids is 1. The number of hydrogen-bond donors (Lipinski definition) is 1. The minimum atomic E-state index is 0.0426. The molecule has 0 aromatic heterocycles. The van der Waals surface area contributed by atoms with E-state index < -0.39 is 0 Å². The van der Waals surface area contributed by atoms with E-state index in [1.807, 2.05) is 57.2 Å². The summed E-state index contributed by atoms with van der Waals surface area (Å²) >= 11 is 0. The van der Waals surface area contributed by atoms with Gasteiger partial charge in [-0.1, -0.05) is 0 Å². The van der Waals surface area contributed by atoms with Crippen LogP contribution in [0, 0.1) is 0 Å². The van der Waals surface area contributed by atoms with E-state index >= 15 is 0 Å². The average molecular weight is 249 g/mol. The maximum Gasteiger partial charge on any atom is 0.253 e. The van der Waals surface area contributed by atoms with Crippen molar-refractivity contribution in [1.82, 2.24) is 4.90 Å². The Labute approximate surface area is 109 Å². The first-order valence-corrected chi connectivity index (χ1v) is 6.20. The molecule has 1 rings (SSSR count). The van der Waals surface area contributed by atoms with E-state index in [1.165, 1.54) is 0 Å². The Morgan fingerprint density at radius 1 is 1.22 bits per heavy atom. The van der Waals surface area contributed by atoms with Crippen molar-refractivity contribution in [3.8, 4) is 0 Å². The molecular weight excluding hydrogens is 226 g/mol. The van der Waals surface area contributed by atoms with Gasteiger partial charge in [0.15, 0.2) is 0 Å². The van der Waals surface area contributed by atoms with Crippen LogP contribution in [0.4, 0.5) is 5.69 Å². The summed E-state index contributed by atoms with van der Waals surface area (Å²) in [5.74, 6) is 0.0426. The quantitative estimate of drug-likeness (QED) is 0.861.